The molecule has 0 aliphatic rings. The molecule has 146 valence electrons. The van der Waals surface area contributed by atoms with Crippen molar-refractivity contribution in [1.29, 1.82) is 0 Å². The monoisotopic (exact) mass is 386 g/mol. The molecule has 0 aliphatic heterocycles. The minimum absolute atomic E-state index is 0.0927. The van der Waals surface area contributed by atoms with Gasteiger partial charge in [0.1, 0.15) is 5.75 Å². The lowest BCUT2D eigenvalue weighted by molar-refractivity contribution is -0.253. The zero-order chi connectivity index (χ0) is 20.0. The Morgan fingerprint density at radius 1 is 1.19 bits per heavy atom. The third kappa shape index (κ3) is 4.94. The molecule has 0 saturated heterocycles. The average molecular weight is 386 g/mol. The molecule has 1 amide bonds. The summed E-state index contributed by atoms with van der Waals surface area (Å²) in [7, 11) is 2.87. The molecule has 9 heteroatoms. The third-order valence-corrected chi connectivity index (χ3v) is 3.76. The lowest BCUT2D eigenvalue weighted by Crippen LogP contribution is -2.36. The van der Waals surface area contributed by atoms with E-state index in [1.54, 1.807) is 18.2 Å². The zero-order valence-electron chi connectivity index (χ0n) is 14.6. The van der Waals surface area contributed by atoms with Gasteiger partial charge in [0.25, 0.3) is 5.91 Å². The predicted octanol–water partition coefficient (Wildman–Crippen LogP) is 3.78. The summed E-state index contributed by atoms with van der Waals surface area (Å²) in [6, 6.07) is 9.46. The predicted molar refractivity (Wildman–Crippen MR) is 89.0 cm³/mol. The van der Waals surface area contributed by atoms with Gasteiger partial charge in [0.15, 0.2) is 0 Å². The zero-order valence-corrected chi connectivity index (χ0v) is 14.6. The van der Waals surface area contributed by atoms with Gasteiger partial charge in [0.05, 0.1) is 23.9 Å². The van der Waals surface area contributed by atoms with Crippen LogP contribution in [0.1, 0.15) is 22.1 Å². The van der Waals surface area contributed by atoms with Crippen molar-refractivity contribution in [2.45, 2.75) is 18.6 Å². The number of benzene rings is 1. The molecule has 1 unspecified atom stereocenters. The number of aromatic nitrogens is 1. The van der Waals surface area contributed by atoms with Gasteiger partial charge in [0.2, 0.25) is 0 Å². The number of alkyl halides is 4. The van der Waals surface area contributed by atoms with Gasteiger partial charge in [-0.2, -0.15) is 17.6 Å². The fourth-order valence-corrected chi connectivity index (χ4v) is 2.38. The first-order valence-corrected chi connectivity index (χ1v) is 7.89. The Bertz CT molecular complexity index is 759. The van der Waals surface area contributed by atoms with Crippen LogP contribution in [0.15, 0.2) is 48.7 Å². The summed E-state index contributed by atoms with van der Waals surface area (Å²) < 4.78 is 60.7. The standard InChI is InChI=1S/C18H18F4N2O3/c1-24(14(11-26-2)13-8-5-6-10-23-13)16(25)12-7-3-4-9-15(12)27-18(21,22)17(19)20/h3-10,14,17H,11H2,1-2H3. The van der Waals surface area contributed by atoms with Gasteiger partial charge in [-0.1, -0.05) is 18.2 Å². The van der Waals surface area contributed by atoms with Crippen LogP contribution in [0.3, 0.4) is 0 Å². The van der Waals surface area contributed by atoms with Crippen LogP contribution in [0, 0.1) is 0 Å². The second-order valence-corrected chi connectivity index (χ2v) is 5.60. The molecule has 0 bridgehead atoms. The molecule has 0 N–H and O–H groups in total. The van der Waals surface area contributed by atoms with Crippen molar-refractivity contribution >= 4 is 5.91 Å². The molecule has 0 spiro atoms. The Labute approximate surface area is 153 Å². The average Bonchev–Trinajstić information content (AvgIpc) is 2.65. The molecule has 2 aromatic rings. The number of nitrogens with zero attached hydrogens (tertiary/aromatic N) is 2. The van der Waals surface area contributed by atoms with Gasteiger partial charge in [-0.15, -0.1) is 0 Å². The highest BCUT2D eigenvalue weighted by molar-refractivity contribution is 5.97. The fourth-order valence-electron chi connectivity index (χ4n) is 2.38. The van der Waals surface area contributed by atoms with Crippen molar-refractivity contribution in [3.8, 4) is 5.75 Å². The maximum absolute atomic E-state index is 13.3. The number of para-hydroxylation sites is 1. The fraction of sp³-hybridized carbons (Fsp3) is 0.333. The van der Waals surface area contributed by atoms with Crippen molar-refractivity contribution in [3.63, 3.8) is 0 Å². The molecule has 1 aromatic carbocycles. The summed E-state index contributed by atoms with van der Waals surface area (Å²) in [6.45, 7) is 0.0927. The highest BCUT2D eigenvalue weighted by Gasteiger charge is 2.44. The summed E-state index contributed by atoms with van der Waals surface area (Å²) in [4.78, 5) is 18.2. The molecule has 0 fully saturated rings. The van der Waals surface area contributed by atoms with E-state index in [-0.39, 0.29) is 12.2 Å². The Hall–Kier alpha value is -2.68. The van der Waals surface area contributed by atoms with Gasteiger partial charge < -0.3 is 14.4 Å². The third-order valence-electron chi connectivity index (χ3n) is 3.76. The first kappa shape index (κ1) is 20.6. The largest absolute Gasteiger partial charge is 0.461 e. The lowest BCUT2D eigenvalue weighted by Gasteiger charge is -2.28. The quantitative estimate of drug-likeness (QED) is 0.648. The van der Waals surface area contributed by atoms with Crippen molar-refractivity contribution in [1.82, 2.24) is 9.88 Å². The van der Waals surface area contributed by atoms with Crippen LogP contribution in [-0.2, 0) is 4.74 Å². The lowest BCUT2D eigenvalue weighted by atomic mass is 10.1. The van der Waals surface area contributed by atoms with E-state index in [0.29, 0.717) is 5.69 Å². The first-order valence-electron chi connectivity index (χ1n) is 7.89. The molecular weight excluding hydrogens is 368 g/mol. The van der Waals surface area contributed by atoms with Crippen molar-refractivity contribution in [3.05, 3.63) is 59.9 Å². The van der Waals surface area contributed by atoms with Crippen LogP contribution in [0.25, 0.3) is 0 Å². The molecule has 1 atom stereocenters. The second-order valence-electron chi connectivity index (χ2n) is 5.60. The number of pyridine rings is 1. The highest BCUT2D eigenvalue weighted by atomic mass is 19.3. The number of carbonyl (C=O) groups excluding carboxylic acids is 1. The molecule has 1 heterocycles. The van der Waals surface area contributed by atoms with Gasteiger partial charge in [0, 0.05) is 20.4 Å². The van der Waals surface area contributed by atoms with E-state index >= 15 is 0 Å². The summed E-state index contributed by atoms with van der Waals surface area (Å²) in [6.07, 6.45) is -7.22. The molecular formula is C18H18F4N2O3. The Kier molecular flexibility index (Phi) is 6.73. The molecule has 2 rings (SSSR count). The molecule has 0 aliphatic carbocycles. The molecule has 5 nitrogen and oxygen atoms in total. The number of halogens is 4. The van der Waals surface area contributed by atoms with E-state index in [9.17, 15) is 22.4 Å². The van der Waals surface area contributed by atoms with Crippen LogP contribution < -0.4 is 4.74 Å². The van der Waals surface area contributed by atoms with Crippen LogP contribution >= 0.6 is 0 Å². The van der Waals surface area contributed by atoms with Crippen molar-refractivity contribution < 1.29 is 31.8 Å². The van der Waals surface area contributed by atoms with Gasteiger partial charge in [-0.25, -0.2) is 0 Å². The van der Waals surface area contributed by atoms with Crippen molar-refractivity contribution in [2.75, 3.05) is 20.8 Å². The molecule has 1 aromatic heterocycles. The Morgan fingerprint density at radius 2 is 1.85 bits per heavy atom. The number of likely N-dealkylation sites (N-methyl/N-ethyl adjacent to an activating group) is 1. The SMILES string of the molecule is COCC(c1ccccn1)N(C)C(=O)c1ccccc1OC(F)(F)C(F)F. The van der Waals surface area contributed by atoms with Crippen LogP contribution in [0.5, 0.6) is 5.75 Å². The Morgan fingerprint density at radius 3 is 2.44 bits per heavy atom. The normalized spacial score (nSPS) is 12.7. The number of rotatable bonds is 8. The minimum atomic E-state index is -4.72. The summed E-state index contributed by atoms with van der Waals surface area (Å²) in [5, 5.41) is 0. The minimum Gasteiger partial charge on any atom is -0.427 e. The van der Waals surface area contributed by atoms with E-state index in [1.165, 1.54) is 43.5 Å². The number of hydrogen-bond acceptors (Lipinski definition) is 4. The molecule has 0 saturated carbocycles. The number of ether oxygens (including phenoxy) is 2. The van der Waals surface area contributed by atoms with E-state index < -0.39 is 30.2 Å². The van der Waals surface area contributed by atoms with E-state index in [4.69, 9.17) is 4.74 Å². The number of methoxy groups -OCH3 is 1. The van der Waals surface area contributed by atoms with Crippen LogP contribution in [0.4, 0.5) is 17.6 Å². The highest BCUT2D eigenvalue weighted by Crippen LogP contribution is 2.31. The maximum Gasteiger partial charge on any atom is 0.461 e. The summed E-state index contributed by atoms with van der Waals surface area (Å²) in [5.74, 6) is -1.35. The van der Waals surface area contributed by atoms with E-state index in [1.807, 2.05) is 0 Å². The van der Waals surface area contributed by atoms with Crippen LogP contribution in [-0.4, -0.2) is 49.1 Å². The van der Waals surface area contributed by atoms with Crippen LogP contribution in [0.2, 0.25) is 0 Å². The summed E-state index contributed by atoms with van der Waals surface area (Å²) in [5.41, 5.74) is 0.240. The Balaban J connectivity index is 2.33. The van der Waals surface area contributed by atoms with Crippen molar-refractivity contribution in [2.24, 2.45) is 0 Å². The number of hydrogen-bond donors (Lipinski definition) is 0. The van der Waals surface area contributed by atoms with Gasteiger partial charge in [-0.3, -0.25) is 9.78 Å². The number of amides is 1. The maximum atomic E-state index is 13.3. The summed E-state index contributed by atoms with van der Waals surface area (Å²) >= 11 is 0. The smallest absolute Gasteiger partial charge is 0.427 e. The molecule has 27 heavy (non-hydrogen) atoms. The number of carbonyl (C=O) groups is 1. The van der Waals surface area contributed by atoms with E-state index in [2.05, 4.69) is 9.72 Å². The van der Waals surface area contributed by atoms with E-state index in [0.717, 1.165) is 6.07 Å². The second kappa shape index (κ2) is 8.81. The van der Waals surface area contributed by atoms with Gasteiger partial charge in [-0.05, 0) is 24.3 Å². The topological polar surface area (TPSA) is 51.7 Å². The van der Waals surface area contributed by atoms with Gasteiger partial charge >= 0.3 is 12.5 Å². The molecule has 0 radical (unpaired) electrons. The first-order chi connectivity index (χ1) is 12.8.